The molecule has 2 rings (SSSR count). The smallest absolute Gasteiger partial charge is 0.250 e. The van der Waals surface area contributed by atoms with Gasteiger partial charge >= 0.3 is 0 Å². The second-order valence-electron chi connectivity index (χ2n) is 6.31. The van der Waals surface area contributed by atoms with Gasteiger partial charge in [-0.25, -0.2) is 0 Å². The van der Waals surface area contributed by atoms with Gasteiger partial charge in [-0.3, -0.25) is 9.59 Å². The molecule has 5 nitrogen and oxygen atoms in total. The van der Waals surface area contributed by atoms with Gasteiger partial charge in [0.2, 0.25) is 5.91 Å². The highest BCUT2D eigenvalue weighted by molar-refractivity contribution is 6.03. The maximum absolute atomic E-state index is 12.3. The number of likely N-dealkylation sites (N-methyl/N-ethyl adjacent to an activating group) is 1. The van der Waals surface area contributed by atoms with Gasteiger partial charge in [-0.1, -0.05) is 25.1 Å². The second kappa shape index (κ2) is 8.64. The van der Waals surface area contributed by atoms with Gasteiger partial charge in [0, 0.05) is 37.4 Å². The lowest BCUT2D eigenvalue weighted by molar-refractivity contribution is -0.132. The van der Waals surface area contributed by atoms with E-state index in [0.29, 0.717) is 12.0 Å². The Bertz CT molecular complexity index is 600. The van der Waals surface area contributed by atoms with E-state index >= 15 is 0 Å². The van der Waals surface area contributed by atoms with Crippen molar-refractivity contribution in [3.05, 3.63) is 41.5 Å². The van der Waals surface area contributed by atoms with E-state index in [1.807, 2.05) is 49.1 Å². The molecule has 1 aliphatic heterocycles. The molecule has 0 spiro atoms. The van der Waals surface area contributed by atoms with Crippen LogP contribution in [0.25, 0.3) is 0 Å². The van der Waals surface area contributed by atoms with E-state index in [4.69, 9.17) is 0 Å². The molecule has 1 fully saturated rings. The lowest BCUT2D eigenvalue weighted by atomic mass is 10.1. The lowest BCUT2D eigenvalue weighted by Gasteiger charge is -2.32. The summed E-state index contributed by atoms with van der Waals surface area (Å²) in [6.07, 6.45) is 3.15. The van der Waals surface area contributed by atoms with E-state index < -0.39 is 0 Å². The summed E-state index contributed by atoms with van der Waals surface area (Å²) in [6, 6.07) is 7.51. The summed E-state index contributed by atoms with van der Waals surface area (Å²) in [5.41, 5.74) is 2.43. The molecule has 0 bridgehead atoms. The molecule has 0 atom stereocenters. The van der Waals surface area contributed by atoms with Gasteiger partial charge in [-0.2, -0.15) is 0 Å². The molecule has 0 radical (unpaired) electrons. The summed E-state index contributed by atoms with van der Waals surface area (Å²) in [5.74, 6) is 0.0831. The number of anilines is 1. The third kappa shape index (κ3) is 5.20. The molecule has 1 N–H and O–H groups in total. The largest absolute Gasteiger partial charge is 0.340 e. The molecular weight excluding hydrogens is 302 g/mol. The molecule has 2 amide bonds. The number of amides is 2. The van der Waals surface area contributed by atoms with Gasteiger partial charge in [-0.05, 0) is 38.1 Å². The van der Waals surface area contributed by atoms with Crippen LogP contribution in [0.4, 0.5) is 5.69 Å². The minimum atomic E-state index is -0.0851. The predicted molar refractivity (Wildman–Crippen MR) is 96.9 cm³/mol. The molecule has 0 unspecified atom stereocenters. The van der Waals surface area contributed by atoms with Crippen LogP contribution in [0, 0.1) is 0 Å². The van der Waals surface area contributed by atoms with E-state index in [0.717, 1.165) is 43.9 Å². The maximum Gasteiger partial charge on any atom is 0.250 e. The Morgan fingerprint density at radius 3 is 2.33 bits per heavy atom. The molecule has 1 saturated heterocycles. The molecule has 0 aromatic heterocycles. The summed E-state index contributed by atoms with van der Waals surface area (Å²) in [6.45, 7) is 7.27. The number of carbonyl (C=O) groups is 2. The van der Waals surface area contributed by atoms with Gasteiger partial charge < -0.3 is 15.1 Å². The molecule has 1 heterocycles. The van der Waals surface area contributed by atoms with Gasteiger partial charge in [0.05, 0.1) is 6.42 Å². The minimum Gasteiger partial charge on any atom is -0.340 e. The second-order valence-corrected chi connectivity index (χ2v) is 6.31. The highest BCUT2D eigenvalue weighted by Gasteiger charge is 2.18. The topological polar surface area (TPSA) is 52.7 Å². The molecule has 0 aliphatic carbocycles. The van der Waals surface area contributed by atoms with Crippen LogP contribution in [0.5, 0.6) is 0 Å². The Labute approximate surface area is 144 Å². The van der Waals surface area contributed by atoms with Crippen molar-refractivity contribution in [2.24, 2.45) is 0 Å². The number of nitrogens with zero attached hydrogens (tertiary/aromatic N) is 2. The average molecular weight is 329 g/mol. The molecule has 130 valence electrons. The quantitative estimate of drug-likeness (QED) is 0.844. The van der Waals surface area contributed by atoms with Crippen LogP contribution in [0.3, 0.4) is 0 Å². The Morgan fingerprint density at radius 2 is 1.75 bits per heavy atom. The number of benzene rings is 1. The van der Waals surface area contributed by atoms with Gasteiger partial charge in [0.25, 0.3) is 5.91 Å². The summed E-state index contributed by atoms with van der Waals surface area (Å²) in [7, 11) is 2.08. The van der Waals surface area contributed by atoms with Crippen molar-refractivity contribution in [2.45, 2.75) is 26.7 Å². The SMILES string of the molecule is CCC=C(C)C(=O)Nc1ccc(CC(=O)N2CCN(C)CC2)cc1. The van der Waals surface area contributed by atoms with E-state index in [-0.39, 0.29) is 11.8 Å². The van der Waals surface area contributed by atoms with Crippen LogP contribution in [-0.2, 0) is 16.0 Å². The van der Waals surface area contributed by atoms with Crippen molar-refractivity contribution in [1.82, 2.24) is 9.80 Å². The molecule has 1 aromatic rings. The van der Waals surface area contributed by atoms with Crippen LogP contribution in [0.1, 0.15) is 25.8 Å². The number of piperazine rings is 1. The summed E-state index contributed by atoms with van der Waals surface area (Å²) < 4.78 is 0. The van der Waals surface area contributed by atoms with E-state index in [9.17, 15) is 9.59 Å². The van der Waals surface area contributed by atoms with Crippen molar-refractivity contribution >= 4 is 17.5 Å². The lowest BCUT2D eigenvalue weighted by Crippen LogP contribution is -2.47. The van der Waals surface area contributed by atoms with Crippen molar-refractivity contribution in [3.63, 3.8) is 0 Å². The van der Waals surface area contributed by atoms with Crippen molar-refractivity contribution in [2.75, 3.05) is 38.5 Å². The summed E-state index contributed by atoms with van der Waals surface area (Å²) in [5, 5.41) is 2.87. The Morgan fingerprint density at radius 1 is 1.12 bits per heavy atom. The average Bonchev–Trinajstić information content (AvgIpc) is 2.57. The van der Waals surface area contributed by atoms with Crippen molar-refractivity contribution in [3.8, 4) is 0 Å². The highest BCUT2D eigenvalue weighted by Crippen LogP contribution is 2.13. The fourth-order valence-corrected chi connectivity index (χ4v) is 2.68. The Balaban J connectivity index is 1.89. The number of nitrogens with one attached hydrogen (secondary N) is 1. The zero-order valence-corrected chi connectivity index (χ0v) is 14.8. The zero-order valence-electron chi connectivity index (χ0n) is 14.8. The van der Waals surface area contributed by atoms with Crippen molar-refractivity contribution in [1.29, 1.82) is 0 Å². The third-order valence-electron chi connectivity index (χ3n) is 4.29. The molecule has 5 heteroatoms. The van der Waals surface area contributed by atoms with E-state index in [1.165, 1.54) is 0 Å². The standard InChI is InChI=1S/C19H27N3O2/c1-4-5-15(2)19(24)20-17-8-6-16(7-9-17)14-18(23)22-12-10-21(3)11-13-22/h5-9H,4,10-14H2,1-3H3,(H,20,24). The van der Waals surface area contributed by atoms with Gasteiger partial charge in [0.1, 0.15) is 0 Å². The van der Waals surface area contributed by atoms with Crippen LogP contribution in [0.2, 0.25) is 0 Å². The first kappa shape index (κ1) is 18.2. The molecule has 24 heavy (non-hydrogen) atoms. The van der Waals surface area contributed by atoms with Crippen molar-refractivity contribution < 1.29 is 9.59 Å². The number of rotatable bonds is 5. The van der Waals surface area contributed by atoms with E-state index in [1.54, 1.807) is 0 Å². The molecule has 1 aliphatic rings. The Kier molecular flexibility index (Phi) is 6.55. The normalized spacial score (nSPS) is 16.1. The number of carbonyl (C=O) groups excluding carboxylic acids is 2. The predicted octanol–water partition coefficient (Wildman–Crippen LogP) is 2.30. The summed E-state index contributed by atoms with van der Waals surface area (Å²) in [4.78, 5) is 28.4. The van der Waals surface area contributed by atoms with Crippen LogP contribution >= 0.6 is 0 Å². The minimum absolute atomic E-state index is 0.0851. The first-order chi connectivity index (χ1) is 11.5. The number of hydrogen-bond acceptors (Lipinski definition) is 3. The molecule has 1 aromatic carbocycles. The first-order valence-corrected chi connectivity index (χ1v) is 8.53. The highest BCUT2D eigenvalue weighted by atomic mass is 16.2. The number of hydrogen-bond donors (Lipinski definition) is 1. The molecular formula is C19H27N3O2. The molecule has 0 saturated carbocycles. The third-order valence-corrected chi connectivity index (χ3v) is 4.29. The number of allylic oxidation sites excluding steroid dienone is 1. The van der Waals surface area contributed by atoms with Gasteiger partial charge in [-0.15, -0.1) is 0 Å². The maximum atomic E-state index is 12.3. The monoisotopic (exact) mass is 329 g/mol. The fourth-order valence-electron chi connectivity index (χ4n) is 2.68. The summed E-state index contributed by atoms with van der Waals surface area (Å²) >= 11 is 0. The van der Waals surface area contributed by atoms with Gasteiger partial charge in [0.15, 0.2) is 0 Å². The van der Waals surface area contributed by atoms with E-state index in [2.05, 4.69) is 17.3 Å². The first-order valence-electron chi connectivity index (χ1n) is 8.53. The Hall–Kier alpha value is -2.14. The van der Waals surface area contributed by atoms with Crippen LogP contribution in [0.15, 0.2) is 35.9 Å². The van der Waals surface area contributed by atoms with Crippen LogP contribution in [-0.4, -0.2) is 54.8 Å². The fraction of sp³-hybridized carbons (Fsp3) is 0.474. The zero-order chi connectivity index (χ0) is 17.5. The van der Waals surface area contributed by atoms with Crippen LogP contribution < -0.4 is 5.32 Å².